The van der Waals surface area contributed by atoms with Crippen LogP contribution < -0.4 is 10.0 Å². The molecule has 3 aliphatic heterocycles. The number of sulfonamides is 1. The first kappa shape index (κ1) is 26.6. The van der Waals surface area contributed by atoms with Crippen molar-refractivity contribution < 1.29 is 22.7 Å². The van der Waals surface area contributed by atoms with Crippen molar-refractivity contribution in [1.82, 2.24) is 19.8 Å². The van der Waals surface area contributed by atoms with Crippen LogP contribution in [0.1, 0.15) is 32.1 Å². The Morgan fingerprint density at radius 2 is 1.74 bits per heavy atom. The first-order chi connectivity index (χ1) is 14.5. The first-order valence-electron chi connectivity index (χ1n) is 10.9. The third-order valence-electron chi connectivity index (χ3n) is 5.77. The number of nitrogens with zero attached hydrogens (tertiary/aromatic N) is 3. The minimum atomic E-state index is -3.38. The third kappa shape index (κ3) is 8.30. The van der Waals surface area contributed by atoms with Crippen LogP contribution in [0.3, 0.4) is 0 Å². The maximum Gasteiger partial charge on any atom is 0.251 e. The average molecular weight is 573 g/mol. The number of aliphatic imine (C=N–C) groups is 1. The van der Waals surface area contributed by atoms with Crippen LogP contribution in [0.5, 0.6) is 0 Å². The molecule has 0 aromatic rings. The van der Waals surface area contributed by atoms with Gasteiger partial charge in [0, 0.05) is 59.5 Å². The predicted octanol–water partition coefficient (Wildman–Crippen LogP) is -0.00850. The van der Waals surface area contributed by atoms with Gasteiger partial charge in [-0.05, 0) is 32.1 Å². The quantitative estimate of drug-likeness (QED) is 0.251. The Kier molecular flexibility index (Phi) is 11.2. The predicted molar refractivity (Wildman–Crippen MR) is 129 cm³/mol. The van der Waals surface area contributed by atoms with Crippen molar-refractivity contribution in [2.24, 2.45) is 4.99 Å². The zero-order valence-corrected chi connectivity index (χ0v) is 21.4. The Balaban J connectivity index is 0.00000341. The molecule has 2 atom stereocenters. The number of rotatable bonds is 7. The molecule has 3 fully saturated rings. The van der Waals surface area contributed by atoms with Crippen LogP contribution in [0.25, 0.3) is 0 Å². The average Bonchev–Trinajstić information content (AvgIpc) is 3.31. The molecule has 1 amide bonds. The number of hydrogen-bond acceptors (Lipinski definition) is 6. The zero-order valence-electron chi connectivity index (χ0n) is 18.3. The number of nitrogens with one attached hydrogen (secondary N) is 2. The van der Waals surface area contributed by atoms with E-state index in [4.69, 9.17) is 9.47 Å². The Labute approximate surface area is 202 Å². The van der Waals surface area contributed by atoms with Gasteiger partial charge < -0.3 is 24.6 Å². The highest BCUT2D eigenvalue weighted by Crippen LogP contribution is 2.16. The highest BCUT2D eigenvalue weighted by Gasteiger charge is 2.31. The van der Waals surface area contributed by atoms with Crippen molar-refractivity contribution in [1.29, 1.82) is 0 Å². The fraction of sp³-hybridized carbons (Fsp3) is 0.895. The second kappa shape index (κ2) is 13.1. The van der Waals surface area contributed by atoms with Crippen LogP contribution in [0, 0.1) is 0 Å². The summed E-state index contributed by atoms with van der Waals surface area (Å²) in [7, 11) is -1.70. The number of hydrogen-bond donors (Lipinski definition) is 2. The fourth-order valence-electron chi connectivity index (χ4n) is 4.00. The summed E-state index contributed by atoms with van der Waals surface area (Å²) in [5.41, 5.74) is 0. The summed E-state index contributed by atoms with van der Waals surface area (Å²) >= 11 is 0. The lowest BCUT2D eigenvalue weighted by atomic mass is 10.1. The van der Waals surface area contributed by atoms with E-state index in [1.165, 1.54) is 0 Å². The summed E-state index contributed by atoms with van der Waals surface area (Å²) in [4.78, 5) is 20.6. The van der Waals surface area contributed by atoms with Crippen LogP contribution in [-0.2, 0) is 24.3 Å². The van der Waals surface area contributed by atoms with Crippen LogP contribution >= 0.6 is 24.0 Å². The lowest BCUT2D eigenvalue weighted by molar-refractivity contribution is -0.142. The van der Waals surface area contributed by atoms with Gasteiger partial charge in [0.1, 0.15) is 6.10 Å². The van der Waals surface area contributed by atoms with Crippen LogP contribution in [0.2, 0.25) is 0 Å². The maximum atomic E-state index is 12.5. The molecule has 0 aliphatic carbocycles. The van der Waals surface area contributed by atoms with Crippen molar-refractivity contribution >= 4 is 45.9 Å². The van der Waals surface area contributed by atoms with Crippen LogP contribution in [0.4, 0.5) is 0 Å². The molecule has 0 aromatic carbocycles. The lowest BCUT2D eigenvalue weighted by Gasteiger charge is -2.37. The Morgan fingerprint density at radius 1 is 1.03 bits per heavy atom. The smallest absolute Gasteiger partial charge is 0.251 e. The summed E-state index contributed by atoms with van der Waals surface area (Å²) in [6.07, 6.45) is 4.46. The van der Waals surface area contributed by atoms with Gasteiger partial charge in [-0.3, -0.25) is 9.79 Å². The fourth-order valence-corrected chi connectivity index (χ4v) is 4.96. The van der Waals surface area contributed by atoms with Gasteiger partial charge in [0.25, 0.3) is 5.91 Å². The standard InChI is InChI=1S/C19H35N5O5S.HI/c1-20-19(21-7-14-30(26,27)22-15-16-5-2-3-12-28-16)24-10-8-23(9-11-24)18(25)17-6-4-13-29-17;/h16-17,22H,2-15H2,1H3,(H,20,21);1H. The van der Waals surface area contributed by atoms with E-state index < -0.39 is 10.0 Å². The van der Waals surface area contributed by atoms with Crippen molar-refractivity contribution in [3.63, 3.8) is 0 Å². The molecule has 0 saturated carbocycles. The second-order valence-electron chi connectivity index (χ2n) is 7.94. The molecule has 2 N–H and O–H groups in total. The molecule has 12 heteroatoms. The van der Waals surface area contributed by atoms with E-state index in [2.05, 4.69) is 19.9 Å². The minimum absolute atomic E-state index is 0. The normalized spacial score (nSPS) is 25.3. The number of ether oxygens (including phenoxy) is 2. The number of amides is 1. The Bertz CT molecular complexity index is 688. The monoisotopic (exact) mass is 573 g/mol. The van der Waals surface area contributed by atoms with Crippen molar-refractivity contribution in [2.75, 3.05) is 65.3 Å². The molecule has 3 heterocycles. The summed E-state index contributed by atoms with van der Waals surface area (Å²) in [5, 5.41) is 3.13. The number of carbonyl (C=O) groups excluding carboxylic acids is 1. The van der Waals surface area contributed by atoms with Gasteiger partial charge in [-0.15, -0.1) is 24.0 Å². The van der Waals surface area contributed by atoms with E-state index in [1.807, 2.05) is 4.90 Å². The molecular weight excluding hydrogens is 537 g/mol. The van der Waals surface area contributed by atoms with Gasteiger partial charge in [-0.1, -0.05) is 0 Å². The van der Waals surface area contributed by atoms with E-state index in [0.717, 1.165) is 32.1 Å². The molecule has 3 aliphatic rings. The second-order valence-corrected chi connectivity index (χ2v) is 9.87. The highest BCUT2D eigenvalue weighted by molar-refractivity contribution is 14.0. The Hall–Kier alpha value is -0.700. The van der Waals surface area contributed by atoms with Crippen molar-refractivity contribution in [2.45, 2.75) is 44.3 Å². The maximum absolute atomic E-state index is 12.5. The van der Waals surface area contributed by atoms with Crippen LogP contribution in [-0.4, -0.2) is 108 Å². The number of halogens is 1. The first-order valence-corrected chi connectivity index (χ1v) is 12.6. The van der Waals surface area contributed by atoms with Gasteiger partial charge in [-0.25, -0.2) is 13.1 Å². The molecule has 180 valence electrons. The van der Waals surface area contributed by atoms with Gasteiger partial charge >= 0.3 is 0 Å². The van der Waals surface area contributed by atoms with E-state index in [1.54, 1.807) is 7.05 Å². The third-order valence-corrected chi connectivity index (χ3v) is 7.11. The van der Waals surface area contributed by atoms with Gasteiger partial charge in [-0.2, -0.15) is 0 Å². The van der Waals surface area contributed by atoms with E-state index in [9.17, 15) is 13.2 Å². The highest BCUT2D eigenvalue weighted by atomic mass is 127. The number of guanidine groups is 1. The Morgan fingerprint density at radius 3 is 2.35 bits per heavy atom. The van der Waals surface area contributed by atoms with Gasteiger partial charge in [0.2, 0.25) is 10.0 Å². The molecule has 3 rings (SSSR count). The summed E-state index contributed by atoms with van der Waals surface area (Å²) in [6.45, 7) is 4.50. The molecule has 3 saturated heterocycles. The lowest BCUT2D eigenvalue weighted by Crippen LogP contribution is -2.55. The minimum Gasteiger partial charge on any atom is -0.377 e. The van der Waals surface area contributed by atoms with E-state index in [-0.39, 0.29) is 54.4 Å². The zero-order chi connectivity index (χ0) is 21.4. The van der Waals surface area contributed by atoms with Crippen molar-refractivity contribution in [3.05, 3.63) is 0 Å². The largest absolute Gasteiger partial charge is 0.377 e. The molecule has 2 unspecified atom stereocenters. The van der Waals surface area contributed by atoms with Gasteiger partial charge in [0.05, 0.1) is 11.9 Å². The van der Waals surface area contributed by atoms with Crippen molar-refractivity contribution in [3.8, 4) is 0 Å². The molecule has 10 nitrogen and oxygen atoms in total. The molecular formula is C19H36IN5O5S. The van der Waals surface area contributed by atoms with E-state index in [0.29, 0.717) is 51.9 Å². The number of carbonyl (C=O) groups is 1. The number of piperazine rings is 1. The summed E-state index contributed by atoms with van der Waals surface area (Å²) in [5.74, 6) is 0.704. The summed E-state index contributed by atoms with van der Waals surface area (Å²) in [6, 6.07) is 0. The summed E-state index contributed by atoms with van der Waals surface area (Å²) < 4.78 is 38.2. The van der Waals surface area contributed by atoms with Gasteiger partial charge in [0.15, 0.2) is 5.96 Å². The molecule has 0 bridgehead atoms. The molecule has 0 radical (unpaired) electrons. The molecule has 0 aromatic heterocycles. The molecule has 0 spiro atoms. The van der Waals surface area contributed by atoms with Crippen LogP contribution in [0.15, 0.2) is 4.99 Å². The molecule has 31 heavy (non-hydrogen) atoms. The van der Waals surface area contributed by atoms with E-state index >= 15 is 0 Å². The topological polar surface area (TPSA) is 113 Å². The SMILES string of the molecule is CN=C(NCCS(=O)(=O)NCC1CCCCO1)N1CCN(C(=O)C2CCCO2)CC1.I.